The summed E-state index contributed by atoms with van der Waals surface area (Å²) in [5.41, 5.74) is 0. The summed E-state index contributed by atoms with van der Waals surface area (Å²) >= 11 is 0. The SMILES string of the molecule is CC1CCCCC1CN[C@@H]1C[C@H]1C. The minimum Gasteiger partial charge on any atom is -0.313 e. The molecule has 13 heavy (non-hydrogen) atoms. The lowest BCUT2D eigenvalue weighted by Crippen LogP contribution is -2.31. The van der Waals surface area contributed by atoms with E-state index in [1.165, 1.54) is 38.6 Å². The first-order valence-corrected chi connectivity index (χ1v) is 6.00. The molecule has 0 heterocycles. The molecule has 0 aromatic heterocycles. The van der Waals surface area contributed by atoms with Crippen LogP contribution in [-0.4, -0.2) is 12.6 Å². The van der Waals surface area contributed by atoms with Gasteiger partial charge in [-0.25, -0.2) is 0 Å². The molecule has 2 rings (SSSR count). The van der Waals surface area contributed by atoms with Crippen LogP contribution in [0, 0.1) is 17.8 Å². The summed E-state index contributed by atoms with van der Waals surface area (Å²) in [5.74, 6) is 2.90. The van der Waals surface area contributed by atoms with Gasteiger partial charge in [-0.3, -0.25) is 0 Å². The van der Waals surface area contributed by atoms with Crippen LogP contribution in [-0.2, 0) is 0 Å². The number of hydrogen-bond donors (Lipinski definition) is 1. The zero-order valence-electron chi connectivity index (χ0n) is 9.05. The van der Waals surface area contributed by atoms with Crippen molar-refractivity contribution in [1.82, 2.24) is 5.32 Å². The van der Waals surface area contributed by atoms with Gasteiger partial charge in [-0.1, -0.05) is 33.1 Å². The minimum atomic E-state index is 0.870. The van der Waals surface area contributed by atoms with E-state index in [2.05, 4.69) is 19.2 Å². The van der Waals surface area contributed by atoms with Gasteiger partial charge in [0.1, 0.15) is 0 Å². The van der Waals surface area contributed by atoms with Crippen LogP contribution in [0.1, 0.15) is 46.0 Å². The Kier molecular flexibility index (Phi) is 2.92. The molecule has 2 fully saturated rings. The lowest BCUT2D eigenvalue weighted by atomic mass is 9.80. The summed E-state index contributed by atoms with van der Waals surface area (Å²) in [6.45, 7) is 6.07. The molecule has 1 N–H and O–H groups in total. The van der Waals surface area contributed by atoms with E-state index in [0.717, 1.165) is 23.8 Å². The molecule has 2 aliphatic rings. The van der Waals surface area contributed by atoms with Gasteiger partial charge in [0.05, 0.1) is 0 Å². The summed E-state index contributed by atoms with van der Waals surface area (Å²) in [4.78, 5) is 0. The van der Waals surface area contributed by atoms with E-state index in [9.17, 15) is 0 Å². The minimum absolute atomic E-state index is 0.870. The normalized spacial score (nSPS) is 44.8. The van der Waals surface area contributed by atoms with E-state index in [1.807, 2.05) is 0 Å². The van der Waals surface area contributed by atoms with Crippen molar-refractivity contribution in [2.45, 2.75) is 52.0 Å². The molecule has 0 aromatic rings. The summed E-state index contributed by atoms with van der Waals surface area (Å²) in [5, 5.41) is 3.71. The third kappa shape index (κ3) is 2.46. The van der Waals surface area contributed by atoms with Crippen LogP contribution < -0.4 is 5.32 Å². The van der Waals surface area contributed by atoms with Gasteiger partial charge in [-0.2, -0.15) is 0 Å². The second kappa shape index (κ2) is 4.00. The van der Waals surface area contributed by atoms with Gasteiger partial charge in [0.15, 0.2) is 0 Å². The summed E-state index contributed by atoms with van der Waals surface area (Å²) in [6.07, 6.45) is 7.29. The average Bonchev–Trinajstić information content (AvgIpc) is 2.81. The molecule has 0 amide bonds. The molecule has 1 nitrogen and oxygen atoms in total. The van der Waals surface area contributed by atoms with Gasteiger partial charge in [0, 0.05) is 6.04 Å². The van der Waals surface area contributed by atoms with E-state index < -0.39 is 0 Å². The fraction of sp³-hybridized carbons (Fsp3) is 1.00. The maximum atomic E-state index is 3.71. The highest BCUT2D eigenvalue weighted by atomic mass is 15.0. The predicted octanol–water partition coefficient (Wildman–Crippen LogP) is 2.81. The Labute approximate surface area is 82.3 Å². The third-order valence-corrected chi connectivity index (χ3v) is 4.04. The Balaban J connectivity index is 1.67. The van der Waals surface area contributed by atoms with Crippen molar-refractivity contribution in [3.8, 4) is 0 Å². The molecule has 76 valence electrons. The molecule has 0 spiro atoms. The topological polar surface area (TPSA) is 12.0 Å². The molecule has 2 aliphatic carbocycles. The van der Waals surface area contributed by atoms with E-state index in [-0.39, 0.29) is 0 Å². The molecule has 0 aromatic carbocycles. The Morgan fingerprint density at radius 1 is 1.08 bits per heavy atom. The average molecular weight is 181 g/mol. The maximum absolute atomic E-state index is 3.71. The van der Waals surface area contributed by atoms with E-state index in [1.54, 1.807) is 0 Å². The molecule has 0 radical (unpaired) electrons. The van der Waals surface area contributed by atoms with Gasteiger partial charge in [0.2, 0.25) is 0 Å². The number of hydrogen-bond acceptors (Lipinski definition) is 1. The maximum Gasteiger partial charge on any atom is 0.00965 e. The number of nitrogens with one attached hydrogen (secondary N) is 1. The van der Waals surface area contributed by atoms with Crippen LogP contribution in [0.25, 0.3) is 0 Å². The molecule has 1 heteroatoms. The highest BCUT2D eigenvalue weighted by Crippen LogP contribution is 2.32. The smallest absolute Gasteiger partial charge is 0.00965 e. The zero-order valence-corrected chi connectivity index (χ0v) is 9.05. The molecule has 0 saturated heterocycles. The van der Waals surface area contributed by atoms with Gasteiger partial charge in [-0.15, -0.1) is 0 Å². The fourth-order valence-corrected chi connectivity index (χ4v) is 2.61. The molecular formula is C12H23N. The van der Waals surface area contributed by atoms with Crippen LogP contribution >= 0.6 is 0 Å². The summed E-state index contributed by atoms with van der Waals surface area (Å²) < 4.78 is 0. The van der Waals surface area contributed by atoms with E-state index in [4.69, 9.17) is 0 Å². The molecule has 2 saturated carbocycles. The van der Waals surface area contributed by atoms with E-state index >= 15 is 0 Å². The highest BCUT2D eigenvalue weighted by molar-refractivity contribution is 4.90. The Hall–Kier alpha value is -0.0400. The van der Waals surface area contributed by atoms with Crippen molar-refractivity contribution < 1.29 is 0 Å². The zero-order chi connectivity index (χ0) is 9.26. The quantitative estimate of drug-likeness (QED) is 0.706. The van der Waals surface area contributed by atoms with Gasteiger partial charge in [-0.05, 0) is 37.1 Å². The van der Waals surface area contributed by atoms with Crippen molar-refractivity contribution in [1.29, 1.82) is 0 Å². The summed E-state index contributed by atoms with van der Waals surface area (Å²) in [6, 6.07) is 0.870. The third-order valence-electron chi connectivity index (χ3n) is 4.04. The van der Waals surface area contributed by atoms with Crippen molar-refractivity contribution in [2.24, 2.45) is 17.8 Å². The van der Waals surface area contributed by atoms with Gasteiger partial charge < -0.3 is 5.32 Å². The second-order valence-electron chi connectivity index (χ2n) is 5.25. The lowest BCUT2D eigenvalue weighted by Gasteiger charge is -2.28. The molecule has 2 unspecified atom stereocenters. The standard InChI is InChI=1S/C12H23N/c1-9-5-3-4-6-11(9)8-13-12-7-10(12)2/h9-13H,3-8H2,1-2H3/t9?,10-,11?,12-/m1/s1. The predicted molar refractivity (Wildman–Crippen MR) is 56.7 cm³/mol. The first-order valence-electron chi connectivity index (χ1n) is 6.00. The van der Waals surface area contributed by atoms with Crippen LogP contribution in [0.5, 0.6) is 0 Å². The molecule has 0 aliphatic heterocycles. The fourth-order valence-electron chi connectivity index (χ4n) is 2.61. The Morgan fingerprint density at radius 3 is 2.38 bits per heavy atom. The highest BCUT2D eigenvalue weighted by Gasteiger charge is 2.33. The van der Waals surface area contributed by atoms with Crippen molar-refractivity contribution in [3.63, 3.8) is 0 Å². The first-order chi connectivity index (χ1) is 6.27. The van der Waals surface area contributed by atoms with Crippen LogP contribution in [0.3, 0.4) is 0 Å². The van der Waals surface area contributed by atoms with Gasteiger partial charge >= 0.3 is 0 Å². The Bertz CT molecular complexity index is 167. The molecule has 0 bridgehead atoms. The molecular weight excluding hydrogens is 158 g/mol. The van der Waals surface area contributed by atoms with E-state index in [0.29, 0.717) is 0 Å². The van der Waals surface area contributed by atoms with Crippen LogP contribution in [0.15, 0.2) is 0 Å². The lowest BCUT2D eigenvalue weighted by molar-refractivity contribution is 0.247. The van der Waals surface area contributed by atoms with Crippen molar-refractivity contribution >= 4 is 0 Å². The van der Waals surface area contributed by atoms with Crippen molar-refractivity contribution in [2.75, 3.05) is 6.54 Å². The monoisotopic (exact) mass is 181 g/mol. The van der Waals surface area contributed by atoms with Crippen LogP contribution in [0.2, 0.25) is 0 Å². The summed E-state index contributed by atoms with van der Waals surface area (Å²) in [7, 11) is 0. The van der Waals surface area contributed by atoms with Gasteiger partial charge in [0.25, 0.3) is 0 Å². The second-order valence-corrected chi connectivity index (χ2v) is 5.25. The largest absolute Gasteiger partial charge is 0.313 e. The Morgan fingerprint density at radius 2 is 1.77 bits per heavy atom. The number of rotatable bonds is 3. The first kappa shape index (κ1) is 9.51. The van der Waals surface area contributed by atoms with Crippen molar-refractivity contribution in [3.05, 3.63) is 0 Å². The van der Waals surface area contributed by atoms with Crippen LogP contribution in [0.4, 0.5) is 0 Å². The molecule has 4 atom stereocenters.